The number of hydrogen-bond donors (Lipinski definition) is 2. The molecule has 6 nitrogen and oxygen atoms in total. The first kappa shape index (κ1) is 17.4. The molecule has 1 fully saturated rings. The van der Waals surface area contributed by atoms with Crippen molar-refractivity contribution in [3.05, 3.63) is 18.2 Å². The second kappa shape index (κ2) is 8.62. The number of nitrogens with zero attached hydrogens (tertiary/aromatic N) is 1. The minimum atomic E-state index is 0.0944. The molecule has 0 aliphatic carbocycles. The molecule has 6 heteroatoms. The van der Waals surface area contributed by atoms with Crippen molar-refractivity contribution in [2.24, 2.45) is 11.7 Å². The molecule has 0 bridgehead atoms. The van der Waals surface area contributed by atoms with E-state index in [9.17, 15) is 4.79 Å². The Morgan fingerprint density at radius 3 is 2.61 bits per heavy atom. The normalized spacial score (nSPS) is 17.2. The van der Waals surface area contributed by atoms with Crippen LogP contribution in [0.25, 0.3) is 0 Å². The first-order chi connectivity index (χ1) is 11.2. The maximum Gasteiger partial charge on any atom is 0.220 e. The summed E-state index contributed by atoms with van der Waals surface area (Å²) in [6.07, 6.45) is 2.32. The van der Waals surface area contributed by atoms with Gasteiger partial charge in [-0.3, -0.25) is 4.79 Å². The number of carbonyl (C=O) groups excluding carboxylic acids is 1. The molecule has 1 saturated heterocycles. The predicted molar refractivity (Wildman–Crippen MR) is 91.2 cm³/mol. The van der Waals surface area contributed by atoms with E-state index in [-0.39, 0.29) is 5.91 Å². The van der Waals surface area contributed by atoms with Gasteiger partial charge in [0.25, 0.3) is 0 Å². The summed E-state index contributed by atoms with van der Waals surface area (Å²) in [4.78, 5) is 14.0. The van der Waals surface area contributed by atoms with Crippen LogP contribution >= 0.6 is 0 Å². The molecule has 1 aromatic rings. The highest BCUT2D eigenvalue weighted by molar-refractivity contribution is 5.75. The Morgan fingerprint density at radius 2 is 2.00 bits per heavy atom. The number of ether oxygens (including phenoxy) is 2. The van der Waals surface area contributed by atoms with Crippen LogP contribution in [-0.2, 0) is 4.79 Å². The fourth-order valence-corrected chi connectivity index (χ4v) is 2.82. The Bertz CT molecular complexity index is 500. The van der Waals surface area contributed by atoms with Gasteiger partial charge < -0.3 is 25.4 Å². The number of rotatable bonds is 8. The zero-order valence-corrected chi connectivity index (χ0v) is 14.0. The molecule has 0 radical (unpaired) electrons. The van der Waals surface area contributed by atoms with Gasteiger partial charge >= 0.3 is 0 Å². The molecule has 0 aromatic heterocycles. The van der Waals surface area contributed by atoms with Crippen LogP contribution in [0.4, 0.5) is 5.69 Å². The minimum Gasteiger partial charge on any atom is -0.497 e. The van der Waals surface area contributed by atoms with Gasteiger partial charge in [0.2, 0.25) is 5.91 Å². The molecule has 1 atom stereocenters. The van der Waals surface area contributed by atoms with Crippen molar-refractivity contribution in [2.45, 2.75) is 19.3 Å². The van der Waals surface area contributed by atoms with Crippen LogP contribution in [-0.4, -0.2) is 46.3 Å². The first-order valence-electron chi connectivity index (χ1n) is 8.11. The van der Waals surface area contributed by atoms with Gasteiger partial charge in [-0.15, -0.1) is 0 Å². The highest BCUT2D eigenvalue weighted by Crippen LogP contribution is 2.31. The van der Waals surface area contributed by atoms with Crippen LogP contribution in [0.2, 0.25) is 0 Å². The zero-order valence-electron chi connectivity index (χ0n) is 14.0. The molecule has 1 aromatic carbocycles. The lowest BCUT2D eigenvalue weighted by Gasteiger charge is -2.20. The van der Waals surface area contributed by atoms with E-state index in [0.29, 0.717) is 18.9 Å². The van der Waals surface area contributed by atoms with Crippen molar-refractivity contribution in [2.75, 3.05) is 45.3 Å². The van der Waals surface area contributed by atoms with Gasteiger partial charge in [-0.1, -0.05) is 0 Å². The summed E-state index contributed by atoms with van der Waals surface area (Å²) in [6, 6.07) is 5.91. The predicted octanol–water partition coefficient (Wildman–Crippen LogP) is 1.39. The fraction of sp³-hybridized carbons (Fsp3) is 0.588. The van der Waals surface area contributed by atoms with Gasteiger partial charge in [0.05, 0.1) is 14.2 Å². The van der Waals surface area contributed by atoms with Crippen molar-refractivity contribution >= 4 is 11.6 Å². The third kappa shape index (κ3) is 5.03. The van der Waals surface area contributed by atoms with Crippen molar-refractivity contribution in [3.63, 3.8) is 0 Å². The number of nitrogens with one attached hydrogen (secondary N) is 1. The largest absolute Gasteiger partial charge is 0.497 e. The van der Waals surface area contributed by atoms with E-state index in [1.54, 1.807) is 14.2 Å². The Labute approximate surface area is 137 Å². The van der Waals surface area contributed by atoms with Gasteiger partial charge in [0.1, 0.15) is 11.5 Å². The maximum atomic E-state index is 11.7. The second-order valence-corrected chi connectivity index (χ2v) is 5.87. The zero-order chi connectivity index (χ0) is 16.7. The summed E-state index contributed by atoms with van der Waals surface area (Å²) >= 11 is 0. The van der Waals surface area contributed by atoms with Crippen molar-refractivity contribution in [1.82, 2.24) is 5.32 Å². The molecule has 0 saturated carbocycles. The number of hydrogen-bond acceptors (Lipinski definition) is 5. The van der Waals surface area contributed by atoms with Crippen LogP contribution in [0.5, 0.6) is 11.5 Å². The summed E-state index contributed by atoms with van der Waals surface area (Å²) in [5.74, 6) is 2.14. The Hall–Kier alpha value is -1.95. The average Bonchev–Trinajstić information content (AvgIpc) is 3.06. The number of carbonyl (C=O) groups is 1. The van der Waals surface area contributed by atoms with E-state index in [0.717, 1.165) is 49.7 Å². The molecule has 1 aliphatic rings. The molecule has 1 unspecified atom stereocenters. The second-order valence-electron chi connectivity index (χ2n) is 5.87. The number of nitrogens with two attached hydrogens (primary N) is 1. The first-order valence-corrected chi connectivity index (χ1v) is 8.11. The lowest BCUT2D eigenvalue weighted by Crippen LogP contribution is -2.31. The average molecular weight is 321 g/mol. The minimum absolute atomic E-state index is 0.0944. The smallest absolute Gasteiger partial charge is 0.220 e. The molecule has 23 heavy (non-hydrogen) atoms. The third-order valence-electron chi connectivity index (χ3n) is 4.18. The lowest BCUT2D eigenvalue weighted by atomic mass is 10.1. The molecule has 128 valence electrons. The topological polar surface area (TPSA) is 76.8 Å². The van der Waals surface area contributed by atoms with Crippen LogP contribution in [0.3, 0.4) is 0 Å². The highest BCUT2D eigenvalue weighted by Gasteiger charge is 2.23. The SMILES string of the molecule is COc1cc(OC)cc(N2CCC(CNC(=O)CCCN)C2)c1. The van der Waals surface area contributed by atoms with Crippen LogP contribution in [0.1, 0.15) is 19.3 Å². The van der Waals surface area contributed by atoms with Crippen LogP contribution < -0.4 is 25.4 Å². The standard InChI is InChI=1S/C17H27N3O3/c1-22-15-8-14(9-16(10-15)23-2)20-7-5-13(12-20)11-19-17(21)4-3-6-18/h8-10,13H,3-7,11-12,18H2,1-2H3,(H,19,21). The van der Waals surface area contributed by atoms with Gasteiger partial charge in [-0.2, -0.15) is 0 Å². The molecular weight excluding hydrogens is 294 g/mol. The molecule has 1 heterocycles. The van der Waals surface area contributed by atoms with Gasteiger partial charge in [0.15, 0.2) is 0 Å². The lowest BCUT2D eigenvalue weighted by molar-refractivity contribution is -0.121. The molecule has 3 N–H and O–H groups in total. The molecule has 0 spiro atoms. The molecular formula is C17H27N3O3. The molecule has 2 rings (SSSR count). The highest BCUT2D eigenvalue weighted by atomic mass is 16.5. The third-order valence-corrected chi connectivity index (χ3v) is 4.18. The monoisotopic (exact) mass is 321 g/mol. The van der Waals surface area contributed by atoms with Crippen molar-refractivity contribution in [1.29, 1.82) is 0 Å². The van der Waals surface area contributed by atoms with E-state index in [2.05, 4.69) is 10.2 Å². The van der Waals surface area contributed by atoms with E-state index >= 15 is 0 Å². The van der Waals surface area contributed by atoms with Crippen LogP contribution in [0, 0.1) is 5.92 Å². The summed E-state index contributed by atoms with van der Waals surface area (Å²) in [7, 11) is 3.31. The summed E-state index contributed by atoms with van der Waals surface area (Å²) in [5, 5.41) is 3.01. The van der Waals surface area contributed by atoms with Gasteiger partial charge in [-0.05, 0) is 25.3 Å². The van der Waals surface area contributed by atoms with E-state index in [1.165, 1.54) is 0 Å². The van der Waals surface area contributed by atoms with Crippen molar-refractivity contribution in [3.8, 4) is 11.5 Å². The number of methoxy groups -OCH3 is 2. The van der Waals surface area contributed by atoms with Gasteiger partial charge in [0, 0.05) is 49.9 Å². The number of anilines is 1. The van der Waals surface area contributed by atoms with E-state index in [4.69, 9.17) is 15.2 Å². The Balaban J connectivity index is 1.88. The Kier molecular flexibility index (Phi) is 6.52. The number of amides is 1. The van der Waals surface area contributed by atoms with Crippen LogP contribution in [0.15, 0.2) is 18.2 Å². The van der Waals surface area contributed by atoms with Gasteiger partial charge in [-0.25, -0.2) is 0 Å². The molecule has 1 amide bonds. The van der Waals surface area contributed by atoms with E-state index < -0.39 is 0 Å². The maximum absolute atomic E-state index is 11.7. The summed E-state index contributed by atoms with van der Waals surface area (Å²) < 4.78 is 10.7. The number of benzene rings is 1. The summed E-state index contributed by atoms with van der Waals surface area (Å²) in [5.41, 5.74) is 6.51. The quantitative estimate of drug-likeness (QED) is 0.756. The summed E-state index contributed by atoms with van der Waals surface area (Å²) in [6.45, 7) is 3.18. The van der Waals surface area contributed by atoms with E-state index in [1.807, 2.05) is 18.2 Å². The fourth-order valence-electron chi connectivity index (χ4n) is 2.82. The van der Waals surface area contributed by atoms with Crippen molar-refractivity contribution < 1.29 is 14.3 Å². The Morgan fingerprint density at radius 1 is 1.30 bits per heavy atom. The molecule has 1 aliphatic heterocycles.